The summed E-state index contributed by atoms with van der Waals surface area (Å²) >= 11 is 0. The molecule has 0 fully saturated rings. The van der Waals surface area contributed by atoms with Gasteiger partial charge < -0.3 is 14.7 Å². The molecule has 0 saturated heterocycles. The highest BCUT2D eigenvalue weighted by molar-refractivity contribution is 5.87. The van der Waals surface area contributed by atoms with Crippen LogP contribution in [0.1, 0.15) is 23.6 Å². The van der Waals surface area contributed by atoms with E-state index in [2.05, 4.69) is 16.0 Å². The van der Waals surface area contributed by atoms with Gasteiger partial charge in [-0.3, -0.25) is 0 Å². The fraction of sp³-hybridized carbons (Fsp3) is 0.125. The second-order valence-electron chi connectivity index (χ2n) is 7.53. The summed E-state index contributed by atoms with van der Waals surface area (Å²) in [5, 5.41) is 1.43. The average Bonchev–Trinajstić information content (AvgIpc) is 2.86. The molecular formula is C24H18F2N2O2. The molecule has 0 spiro atoms. The monoisotopic (exact) mass is 404 g/mol. The van der Waals surface area contributed by atoms with Crippen LogP contribution in [-0.2, 0) is 6.61 Å². The number of hydrogen-bond acceptors (Lipinski definition) is 2. The molecule has 1 aliphatic heterocycles. The summed E-state index contributed by atoms with van der Waals surface area (Å²) in [5.74, 6) is -0.277. The lowest BCUT2D eigenvalue weighted by Crippen LogP contribution is -2.24. The largest absolute Gasteiger partial charge is 0.488 e. The van der Waals surface area contributed by atoms with Crippen molar-refractivity contribution in [1.29, 1.82) is 0 Å². The fourth-order valence-corrected chi connectivity index (χ4v) is 3.98. The number of aromatic nitrogens is 2. The van der Waals surface area contributed by atoms with Crippen LogP contribution in [0.4, 0.5) is 8.78 Å². The van der Waals surface area contributed by atoms with Crippen LogP contribution in [0.2, 0.25) is 0 Å². The van der Waals surface area contributed by atoms with E-state index in [1.165, 1.54) is 24.3 Å². The van der Waals surface area contributed by atoms with Crippen molar-refractivity contribution in [2.75, 3.05) is 0 Å². The Kier molecular flexibility index (Phi) is 4.28. The van der Waals surface area contributed by atoms with Crippen LogP contribution in [0.25, 0.3) is 17.7 Å². The van der Waals surface area contributed by atoms with Crippen LogP contribution in [0.5, 0.6) is 5.75 Å². The normalized spacial score (nSPS) is 18.6. The fourth-order valence-electron chi connectivity index (χ4n) is 3.98. The van der Waals surface area contributed by atoms with E-state index in [9.17, 15) is 13.6 Å². The van der Waals surface area contributed by atoms with E-state index in [-0.39, 0.29) is 24.0 Å². The van der Waals surface area contributed by atoms with Gasteiger partial charge >= 0.3 is 5.69 Å². The van der Waals surface area contributed by atoms with Crippen LogP contribution in [0.3, 0.4) is 0 Å². The number of allylic oxidation sites excluding steroid dienone is 3. The van der Waals surface area contributed by atoms with Crippen molar-refractivity contribution in [1.82, 2.24) is 9.97 Å². The van der Waals surface area contributed by atoms with Gasteiger partial charge in [0.1, 0.15) is 24.0 Å². The SMILES string of the molecule is CC1C=C(/C=C2\c3ccc(F)cc3COc3cc(F)ccc32)C=c2[nH]c(=O)[nH]c2=C1. The number of aromatic amines is 2. The van der Waals surface area contributed by atoms with Crippen molar-refractivity contribution in [2.24, 2.45) is 5.92 Å². The highest BCUT2D eigenvalue weighted by atomic mass is 19.1. The van der Waals surface area contributed by atoms with Gasteiger partial charge in [-0.05, 0) is 59.0 Å². The molecule has 0 radical (unpaired) electrons. The van der Waals surface area contributed by atoms with Crippen molar-refractivity contribution >= 4 is 17.7 Å². The maximum Gasteiger partial charge on any atom is 0.323 e. The van der Waals surface area contributed by atoms with E-state index in [4.69, 9.17) is 4.74 Å². The number of H-pyrrole nitrogens is 2. The summed E-state index contributed by atoms with van der Waals surface area (Å²) in [6, 6.07) is 8.96. The number of nitrogens with one attached hydrogen (secondary N) is 2. The topological polar surface area (TPSA) is 57.9 Å². The van der Waals surface area contributed by atoms with Gasteiger partial charge in [-0.2, -0.15) is 0 Å². The average molecular weight is 404 g/mol. The number of ether oxygens (including phenoxy) is 1. The second kappa shape index (κ2) is 6.99. The molecule has 2 aliphatic rings. The molecule has 2 N–H and O–H groups in total. The Morgan fingerprint density at radius 3 is 2.57 bits per heavy atom. The zero-order valence-electron chi connectivity index (χ0n) is 16.1. The van der Waals surface area contributed by atoms with Gasteiger partial charge in [0, 0.05) is 17.2 Å². The van der Waals surface area contributed by atoms with E-state index in [0.29, 0.717) is 16.7 Å². The van der Waals surface area contributed by atoms with Crippen molar-refractivity contribution < 1.29 is 13.5 Å². The third-order valence-electron chi connectivity index (χ3n) is 5.27. The van der Waals surface area contributed by atoms with E-state index in [1.807, 2.05) is 25.2 Å². The molecule has 1 atom stereocenters. The van der Waals surface area contributed by atoms with Crippen LogP contribution < -0.4 is 21.1 Å². The maximum absolute atomic E-state index is 13.9. The minimum absolute atomic E-state index is 0.0724. The molecule has 1 unspecified atom stereocenters. The Labute approximate surface area is 170 Å². The van der Waals surface area contributed by atoms with Crippen LogP contribution in [-0.4, -0.2) is 9.97 Å². The number of benzene rings is 2. The van der Waals surface area contributed by atoms with E-state index in [1.54, 1.807) is 12.1 Å². The molecule has 4 nitrogen and oxygen atoms in total. The van der Waals surface area contributed by atoms with Crippen molar-refractivity contribution in [3.8, 4) is 5.75 Å². The molecule has 6 heteroatoms. The first-order valence-electron chi connectivity index (χ1n) is 9.63. The second-order valence-corrected chi connectivity index (χ2v) is 7.53. The Balaban J connectivity index is 1.76. The lowest BCUT2D eigenvalue weighted by atomic mass is 9.92. The van der Waals surface area contributed by atoms with Gasteiger partial charge in [0.05, 0.1) is 10.7 Å². The van der Waals surface area contributed by atoms with E-state index < -0.39 is 5.82 Å². The van der Waals surface area contributed by atoms with Gasteiger partial charge in [-0.25, -0.2) is 13.6 Å². The molecule has 2 heterocycles. The molecule has 0 amide bonds. The summed E-state index contributed by atoms with van der Waals surface area (Å²) in [6.45, 7) is 2.17. The van der Waals surface area contributed by atoms with Crippen LogP contribution in [0.15, 0.2) is 58.9 Å². The van der Waals surface area contributed by atoms with Crippen molar-refractivity contribution in [3.63, 3.8) is 0 Å². The molecule has 0 saturated carbocycles. The maximum atomic E-state index is 13.9. The van der Waals surface area contributed by atoms with Gasteiger partial charge in [-0.1, -0.05) is 25.1 Å². The van der Waals surface area contributed by atoms with E-state index in [0.717, 1.165) is 27.6 Å². The number of fused-ring (bicyclic) bond motifs is 3. The first-order chi connectivity index (χ1) is 14.5. The third-order valence-corrected chi connectivity index (χ3v) is 5.27. The molecular weight excluding hydrogens is 386 g/mol. The predicted octanol–water partition coefficient (Wildman–Crippen LogP) is 3.14. The molecule has 2 aromatic carbocycles. The van der Waals surface area contributed by atoms with Gasteiger partial charge in [0.2, 0.25) is 0 Å². The highest BCUT2D eigenvalue weighted by Crippen LogP contribution is 2.38. The lowest BCUT2D eigenvalue weighted by molar-refractivity contribution is 0.305. The standard InChI is InChI=1S/C24H18F2N2O2/c1-13-6-14(9-22-21(7-13)27-24(29)28-22)8-20-18-4-2-16(25)10-15(18)12-30-23-11-17(26)3-5-19(20)23/h2-11,13H,12H2,1H3,(H2,27,28,29)/b20-8+. The summed E-state index contributed by atoms with van der Waals surface area (Å²) in [7, 11) is 0. The Hall–Kier alpha value is -3.67. The first kappa shape index (κ1) is 18.4. The van der Waals surface area contributed by atoms with Crippen LogP contribution in [0, 0.1) is 17.6 Å². The summed E-state index contributed by atoms with van der Waals surface area (Å²) in [6.07, 6.45) is 7.89. The molecule has 5 rings (SSSR count). The molecule has 1 aromatic heterocycles. The molecule has 3 aromatic rings. The van der Waals surface area contributed by atoms with Gasteiger partial charge in [-0.15, -0.1) is 0 Å². The molecule has 1 aliphatic carbocycles. The predicted molar refractivity (Wildman–Crippen MR) is 111 cm³/mol. The molecule has 150 valence electrons. The van der Waals surface area contributed by atoms with Gasteiger partial charge in [0.15, 0.2) is 0 Å². The summed E-state index contributed by atoms with van der Waals surface area (Å²) in [4.78, 5) is 17.3. The number of rotatable bonds is 1. The van der Waals surface area contributed by atoms with Crippen molar-refractivity contribution in [3.05, 3.63) is 104 Å². The molecule has 30 heavy (non-hydrogen) atoms. The third kappa shape index (κ3) is 3.30. The number of halogens is 2. The zero-order valence-corrected chi connectivity index (χ0v) is 16.1. The summed E-state index contributed by atoms with van der Waals surface area (Å²) < 4.78 is 33.5. The van der Waals surface area contributed by atoms with Crippen LogP contribution >= 0.6 is 0 Å². The Morgan fingerprint density at radius 1 is 1.00 bits per heavy atom. The van der Waals surface area contributed by atoms with Gasteiger partial charge in [0.25, 0.3) is 0 Å². The quantitative estimate of drug-likeness (QED) is 0.655. The van der Waals surface area contributed by atoms with Crippen molar-refractivity contribution in [2.45, 2.75) is 13.5 Å². The number of imidazole rings is 1. The summed E-state index contributed by atoms with van der Waals surface area (Å²) in [5.41, 5.74) is 3.63. The first-order valence-corrected chi connectivity index (χ1v) is 9.63. The van der Waals surface area contributed by atoms with E-state index >= 15 is 0 Å². The molecule has 0 bridgehead atoms. The highest BCUT2D eigenvalue weighted by Gasteiger charge is 2.21. The zero-order chi connectivity index (χ0) is 20.8. The minimum Gasteiger partial charge on any atom is -0.488 e. The Bertz CT molecular complexity index is 1350. The Morgan fingerprint density at radius 2 is 1.73 bits per heavy atom. The minimum atomic E-state index is -0.400. The lowest BCUT2D eigenvalue weighted by Gasteiger charge is -2.11. The smallest absolute Gasteiger partial charge is 0.323 e. The number of hydrogen-bond donors (Lipinski definition) is 2.